The summed E-state index contributed by atoms with van der Waals surface area (Å²) in [4.78, 5) is 11.2. The van der Waals surface area contributed by atoms with Crippen molar-refractivity contribution in [1.29, 1.82) is 0 Å². The minimum absolute atomic E-state index is 0.162. The molecule has 118 valence electrons. The molecule has 0 saturated heterocycles. The zero-order valence-corrected chi connectivity index (χ0v) is 13.9. The van der Waals surface area contributed by atoms with Crippen LogP contribution >= 0.6 is 11.8 Å². The highest BCUT2D eigenvalue weighted by molar-refractivity contribution is 7.99. The maximum atomic E-state index is 11.2. The van der Waals surface area contributed by atoms with Crippen LogP contribution in [0.25, 0.3) is 11.5 Å². The molecule has 0 bridgehead atoms. The molecule has 0 fully saturated rings. The van der Waals surface area contributed by atoms with Crippen LogP contribution < -0.4 is 0 Å². The van der Waals surface area contributed by atoms with Gasteiger partial charge in [-0.1, -0.05) is 29.0 Å². The number of aromatic nitrogens is 2. The summed E-state index contributed by atoms with van der Waals surface area (Å²) in [5, 5.41) is 8.64. The molecule has 0 N–H and O–H groups in total. The van der Waals surface area contributed by atoms with Gasteiger partial charge in [-0.15, -0.1) is 10.2 Å². The first-order chi connectivity index (χ1) is 10.6. The summed E-state index contributed by atoms with van der Waals surface area (Å²) in [6, 6.07) is 6.15. The molecule has 2 rings (SSSR count). The summed E-state index contributed by atoms with van der Waals surface area (Å²) in [6.45, 7) is 6.31. The Morgan fingerprint density at radius 3 is 2.64 bits per heavy atom. The van der Waals surface area contributed by atoms with E-state index < -0.39 is 0 Å². The fourth-order valence-electron chi connectivity index (χ4n) is 2.09. The summed E-state index contributed by atoms with van der Waals surface area (Å²) >= 11 is 1.46. The molecule has 1 heterocycles. The van der Waals surface area contributed by atoms with Crippen molar-refractivity contribution < 1.29 is 13.9 Å². The number of aryl methyl sites for hydroxylation is 2. The number of ether oxygens (including phenoxy) is 1. The predicted octanol–water partition coefficient (Wildman–Crippen LogP) is 3.79. The second kappa shape index (κ2) is 7.98. The third-order valence-corrected chi connectivity index (χ3v) is 3.84. The maximum absolute atomic E-state index is 11.2. The zero-order chi connectivity index (χ0) is 15.9. The van der Waals surface area contributed by atoms with Gasteiger partial charge in [-0.05, 0) is 39.3 Å². The van der Waals surface area contributed by atoms with Gasteiger partial charge < -0.3 is 9.15 Å². The molecule has 1 aromatic carbocycles. The van der Waals surface area contributed by atoms with Crippen LogP contribution in [-0.2, 0) is 9.53 Å². The molecule has 1 aromatic heterocycles. The Kier molecular flexibility index (Phi) is 6.00. The highest BCUT2D eigenvalue weighted by Gasteiger charge is 2.10. The van der Waals surface area contributed by atoms with E-state index in [2.05, 4.69) is 16.3 Å². The Balaban J connectivity index is 1.87. The maximum Gasteiger partial charge on any atom is 0.305 e. The molecule has 22 heavy (non-hydrogen) atoms. The zero-order valence-electron chi connectivity index (χ0n) is 13.1. The van der Waals surface area contributed by atoms with E-state index in [9.17, 15) is 4.79 Å². The molecular weight excluding hydrogens is 300 g/mol. The molecule has 0 saturated carbocycles. The number of thioether (sulfide) groups is 1. The molecular formula is C16H20N2O3S. The lowest BCUT2D eigenvalue weighted by atomic mass is 10.1. The minimum atomic E-state index is -0.162. The van der Waals surface area contributed by atoms with Crippen molar-refractivity contribution in [3.63, 3.8) is 0 Å². The topological polar surface area (TPSA) is 65.2 Å². The van der Waals surface area contributed by atoms with E-state index in [1.165, 1.54) is 11.8 Å². The lowest BCUT2D eigenvalue weighted by Gasteiger charge is -2.00. The second-order valence-corrected chi connectivity index (χ2v) is 6.05. The molecule has 6 heteroatoms. The molecule has 0 spiro atoms. The Bertz CT molecular complexity index is 620. The number of esters is 1. The lowest BCUT2D eigenvalue weighted by molar-refractivity contribution is -0.143. The molecule has 0 radical (unpaired) electrons. The fourth-order valence-corrected chi connectivity index (χ4v) is 2.79. The molecule has 0 aliphatic rings. The summed E-state index contributed by atoms with van der Waals surface area (Å²) in [7, 11) is 0. The van der Waals surface area contributed by atoms with Crippen LogP contribution in [0.5, 0.6) is 0 Å². The summed E-state index contributed by atoms with van der Waals surface area (Å²) in [6.07, 6.45) is 1.14. The Morgan fingerprint density at radius 1 is 1.23 bits per heavy atom. The second-order valence-electron chi connectivity index (χ2n) is 5.01. The van der Waals surface area contributed by atoms with Gasteiger partial charge in [0.05, 0.1) is 6.61 Å². The standard InChI is InChI=1S/C16H20N2O3S/c1-4-20-14(19)6-5-7-22-16-18-17-15(21-16)13-9-11(2)8-12(3)10-13/h8-10H,4-7H2,1-3H3. The van der Waals surface area contributed by atoms with E-state index >= 15 is 0 Å². The highest BCUT2D eigenvalue weighted by atomic mass is 32.2. The van der Waals surface area contributed by atoms with Gasteiger partial charge in [0.15, 0.2) is 0 Å². The number of hydrogen-bond acceptors (Lipinski definition) is 6. The van der Waals surface area contributed by atoms with Gasteiger partial charge >= 0.3 is 5.97 Å². The van der Waals surface area contributed by atoms with Crippen LogP contribution in [0, 0.1) is 13.8 Å². The van der Waals surface area contributed by atoms with Gasteiger partial charge in [0.1, 0.15) is 0 Å². The van der Waals surface area contributed by atoms with Crippen molar-refractivity contribution >= 4 is 17.7 Å². The van der Waals surface area contributed by atoms with Crippen LogP contribution in [0.4, 0.5) is 0 Å². The highest BCUT2D eigenvalue weighted by Crippen LogP contribution is 2.25. The van der Waals surface area contributed by atoms with Gasteiger partial charge in [0.25, 0.3) is 5.22 Å². The largest absolute Gasteiger partial charge is 0.466 e. The van der Waals surface area contributed by atoms with Crippen molar-refractivity contribution in [2.24, 2.45) is 0 Å². The average Bonchev–Trinajstić information content (AvgIpc) is 2.92. The fraction of sp³-hybridized carbons (Fsp3) is 0.438. The van der Waals surface area contributed by atoms with Crippen molar-refractivity contribution in [3.05, 3.63) is 29.3 Å². The Morgan fingerprint density at radius 2 is 1.95 bits per heavy atom. The summed E-state index contributed by atoms with van der Waals surface area (Å²) < 4.78 is 10.5. The van der Waals surface area contributed by atoms with Crippen LogP contribution in [0.15, 0.2) is 27.8 Å². The summed E-state index contributed by atoms with van der Waals surface area (Å²) in [5.74, 6) is 1.11. The monoisotopic (exact) mass is 320 g/mol. The smallest absolute Gasteiger partial charge is 0.305 e. The van der Waals surface area contributed by atoms with E-state index in [0.29, 0.717) is 24.1 Å². The van der Waals surface area contributed by atoms with Crippen LogP contribution in [0.1, 0.15) is 30.9 Å². The average molecular weight is 320 g/mol. The van der Waals surface area contributed by atoms with E-state index in [-0.39, 0.29) is 5.97 Å². The van der Waals surface area contributed by atoms with Gasteiger partial charge in [-0.2, -0.15) is 0 Å². The number of rotatable bonds is 7. The SMILES string of the molecule is CCOC(=O)CCCSc1nnc(-c2cc(C)cc(C)c2)o1. The van der Waals surface area contributed by atoms with Crippen molar-refractivity contribution in [3.8, 4) is 11.5 Å². The van der Waals surface area contributed by atoms with E-state index in [4.69, 9.17) is 9.15 Å². The van der Waals surface area contributed by atoms with Gasteiger partial charge in [0, 0.05) is 17.7 Å². The van der Waals surface area contributed by atoms with E-state index in [0.717, 1.165) is 28.9 Å². The van der Waals surface area contributed by atoms with Crippen molar-refractivity contribution in [1.82, 2.24) is 10.2 Å². The molecule has 2 aromatic rings. The van der Waals surface area contributed by atoms with Crippen LogP contribution in [-0.4, -0.2) is 28.5 Å². The van der Waals surface area contributed by atoms with Gasteiger partial charge in [-0.3, -0.25) is 4.79 Å². The normalized spacial score (nSPS) is 10.7. The number of benzene rings is 1. The van der Waals surface area contributed by atoms with Crippen molar-refractivity contribution in [2.45, 2.75) is 38.8 Å². The molecule has 0 aliphatic carbocycles. The molecule has 0 aliphatic heterocycles. The first-order valence-electron chi connectivity index (χ1n) is 7.29. The van der Waals surface area contributed by atoms with Gasteiger partial charge in [0.2, 0.25) is 5.89 Å². The first kappa shape index (κ1) is 16.5. The Labute approximate surface area is 134 Å². The molecule has 0 unspecified atom stereocenters. The number of carbonyl (C=O) groups is 1. The van der Waals surface area contributed by atoms with Crippen LogP contribution in [0.2, 0.25) is 0 Å². The van der Waals surface area contributed by atoms with Crippen molar-refractivity contribution in [2.75, 3.05) is 12.4 Å². The minimum Gasteiger partial charge on any atom is -0.466 e. The molecule has 5 nitrogen and oxygen atoms in total. The van der Waals surface area contributed by atoms with E-state index in [1.54, 1.807) is 6.92 Å². The van der Waals surface area contributed by atoms with E-state index in [1.807, 2.05) is 26.0 Å². The quantitative estimate of drug-likeness (QED) is 0.439. The number of carbonyl (C=O) groups excluding carboxylic acids is 1. The number of nitrogens with zero attached hydrogens (tertiary/aromatic N) is 2. The first-order valence-corrected chi connectivity index (χ1v) is 8.27. The van der Waals surface area contributed by atoms with Crippen LogP contribution in [0.3, 0.4) is 0 Å². The molecule has 0 atom stereocenters. The summed E-state index contributed by atoms with van der Waals surface area (Å²) in [5.41, 5.74) is 3.26. The lowest BCUT2D eigenvalue weighted by Crippen LogP contribution is -2.03. The third-order valence-electron chi connectivity index (χ3n) is 2.93. The predicted molar refractivity (Wildman–Crippen MR) is 85.8 cm³/mol. The van der Waals surface area contributed by atoms with Gasteiger partial charge in [-0.25, -0.2) is 0 Å². The number of hydrogen-bond donors (Lipinski definition) is 0. The molecule has 0 amide bonds. The third kappa shape index (κ3) is 4.87. The Hall–Kier alpha value is -1.82.